The van der Waals surface area contributed by atoms with E-state index in [1.54, 1.807) is 6.07 Å². The lowest BCUT2D eigenvalue weighted by Crippen LogP contribution is -2.47. The zero-order valence-electron chi connectivity index (χ0n) is 12.3. The highest BCUT2D eigenvalue weighted by Gasteiger charge is 2.29. The van der Waals surface area contributed by atoms with Crippen LogP contribution in [0.1, 0.15) is 12.5 Å². The third-order valence-electron chi connectivity index (χ3n) is 3.78. The van der Waals surface area contributed by atoms with Crippen molar-refractivity contribution >= 4 is 11.6 Å². The molecule has 0 saturated carbocycles. The summed E-state index contributed by atoms with van der Waals surface area (Å²) in [4.78, 5) is 11.8. The summed E-state index contributed by atoms with van der Waals surface area (Å²) in [5.74, 6) is 0.288. The molecule has 22 heavy (non-hydrogen) atoms. The Bertz CT molecular complexity index is 715. The molecule has 1 atom stereocenters. The Morgan fingerprint density at radius 2 is 2.09 bits per heavy atom. The molecular weight excluding hydrogens is 280 g/mol. The molecule has 0 bridgehead atoms. The molecular formula is C17H18N2O3. The van der Waals surface area contributed by atoms with Crippen molar-refractivity contribution in [1.29, 1.82) is 0 Å². The molecule has 1 heterocycles. The van der Waals surface area contributed by atoms with Gasteiger partial charge in [-0.3, -0.25) is 10.0 Å². The molecule has 1 unspecified atom stereocenters. The summed E-state index contributed by atoms with van der Waals surface area (Å²) in [6.07, 6.45) is 0.429. The average Bonchev–Trinajstić information content (AvgIpc) is 2.53. The molecule has 0 spiro atoms. The number of amides is 1. The van der Waals surface area contributed by atoms with Crippen molar-refractivity contribution in [2.75, 3.05) is 11.7 Å². The Labute approximate surface area is 128 Å². The smallest absolute Gasteiger partial charge is 0.267 e. The van der Waals surface area contributed by atoms with Gasteiger partial charge >= 0.3 is 0 Å². The lowest BCUT2D eigenvalue weighted by atomic mass is 9.95. The minimum atomic E-state index is -0.695. The lowest BCUT2D eigenvalue weighted by molar-refractivity contribution is -0.125. The summed E-state index contributed by atoms with van der Waals surface area (Å²) < 4.78 is 5.64. The molecule has 0 aromatic heterocycles. The summed E-state index contributed by atoms with van der Waals surface area (Å²) in [7, 11) is 0. The maximum atomic E-state index is 11.8. The van der Waals surface area contributed by atoms with Crippen molar-refractivity contribution in [1.82, 2.24) is 0 Å². The number of fused-ring (bicyclic) bond motifs is 1. The van der Waals surface area contributed by atoms with Gasteiger partial charge < -0.3 is 10.5 Å². The predicted octanol–water partition coefficient (Wildman–Crippen LogP) is 2.36. The Hall–Kier alpha value is -2.37. The SMILES string of the molecule is CCOc1ccccc1-c1ccc2c(c1)N(O)C(=O)C(N)C2. The molecule has 5 nitrogen and oxygen atoms in total. The number of hydroxylamine groups is 1. The molecule has 0 radical (unpaired) electrons. The normalized spacial score (nSPS) is 17.3. The van der Waals surface area contributed by atoms with E-state index in [2.05, 4.69) is 0 Å². The topological polar surface area (TPSA) is 75.8 Å². The Kier molecular flexibility index (Phi) is 3.83. The minimum absolute atomic E-state index is 0.429. The summed E-state index contributed by atoms with van der Waals surface area (Å²) >= 11 is 0. The number of ether oxygens (including phenoxy) is 1. The van der Waals surface area contributed by atoms with Crippen molar-refractivity contribution in [3.8, 4) is 16.9 Å². The monoisotopic (exact) mass is 298 g/mol. The second-order valence-electron chi connectivity index (χ2n) is 5.23. The van der Waals surface area contributed by atoms with Gasteiger partial charge in [-0.1, -0.05) is 30.3 Å². The van der Waals surface area contributed by atoms with E-state index >= 15 is 0 Å². The number of nitrogens with zero attached hydrogens (tertiary/aromatic N) is 1. The zero-order valence-corrected chi connectivity index (χ0v) is 12.3. The molecule has 3 rings (SSSR count). The van der Waals surface area contributed by atoms with Crippen LogP contribution >= 0.6 is 0 Å². The van der Waals surface area contributed by atoms with E-state index in [1.807, 2.05) is 43.3 Å². The zero-order chi connectivity index (χ0) is 15.7. The van der Waals surface area contributed by atoms with E-state index < -0.39 is 11.9 Å². The van der Waals surface area contributed by atoms with E-state index in [0.29, 0.717) is 23.8 Å². The van der Waals surface area contributed by atoms with Gasteiger partial charge in [0.05, 0.1) is 18.3 Å². The molecule has 0 fully saturated rings. The number of hydrogen-bond acceptors (Lipinski definition) is 4. The first kappa shape index (κ1) is 14.6. The van der Waals surface area contributed by atoms with Crippen molar-refractivity contribution in [3.05, 3.63) is 48.0 Å². The van der Waals surface area contributed by atoms with Gasteiger partial charge in [-0.25, -0.2) is 0 Å². The third kappa shape index (κ3) is 2.45. The first-order valence-electron chi connectivity index (χ1n) is 7.25. The summed E-state index contributed by atoms with van der Waals surface area (Å²) in [5.41, 5.74) is 8.86. The first-order chi connectivity index (χ1) is 10.6. The number of carbonyl (C=O) groups excluding carboxylic acids is 1. The standard InChI is InChI=1S/C17H18N2O3/c1-2-22-16-6-4-3-5-13(16)11-7-8-12-9-14(18)17(20)19(21)15(12)10-11/h3-8,10,14,21H,2,9,18H2,1H3. The maximum Gasteiger partial charge on any atom is 0.267 e. The van der Waals surface area contributed by atoms with E-state index in [0.717, 1.165) is 22.4 Å². The number of rotatable bonds is 3. The van der Waals surface area contributed by atoms with Crippen LogP contribution in [0.15, 0.2) is 42.5 Å². The van der Waals surface area contributed by atoms with E-state index in [9.17, 15) is 10.0 Å². The fraction of sp³-hybridized carbons (Fsp3) is 0.235. The molecule has 0 aliphatic carbocycles. The van der Waals surface area contributed by atoms with Gasteiger partial charge in [0.15, 0.2) is 0 Å². The quantitative estimate of drug-likeness (QED) is 0.853. The first-order valence-corrected chi connectivity index (χ1v) is 7.25. The minimum Gasteiger partial charge on any atom is -0.493 e. The van der Waals surface area contributed by atoms with Crippen LogP contribution in [-0.4, -0.2) is 23.8 Å². The second kappa shape index (κ2) is 5.79. The van der Waals surface area contributed by atoms with Crippen LogP contribution in [0, 0.1) is 0 Å². The highest BCUT2D eigenvalue weighted by Crippen LogP contribution is 2.35. The predicted molar refractivity (Wildman–Crippen MR) is 84.0 cm³/mol. The van der Waals surface area contributed by atoms with Gasteiger partial charge in [0.25, 0.3) is 5.91 Å². The third-order valence-corrected chi connectivity index (χ3v) is 3.78. The van der Waals surface area contributed by atoms with Gasteiger partial charge in [0.1, 0.15) is 5.75 Å². The van der Waals surface area contributed by atoms with Crippen LogP contribution in [0.5, 0.6) is 5.75 Å². The van der Waals surface area contributed by atoms with Crippen LogP contribution in [0.4, 0.5) is 5.69 Å². The number of carbonyl (C=O) groups is 1. The molecule has 3 N–H and O–H groups in total. The molecule has 1 aliphatic heterocycles. The van der Waals surface area contributed by atoms with Crippen molar-refractivity contribution in [2.24, 2.45) is 5.73 Å². The Morgan fingerprint density at radius 3 is 2.86 bits per heavy atom. The number of hydrogen-bond donors (Lipinski definition) is 2. The molecule has 2 aromatic rings. The van der Waals surface area contributed by atoms with Crippen LogP contribution < -0.4 is 15.5 Å². The molecule has 1 amide bonds. The fourth-order valence-corrected chi connectivity index (χ4v) is 2.69. The largest absolute Gasteiger partial charge is 0.493 e. The van der Waals surface area contributed by atoms with Gasteiger partial charge in [-0.15, -0.1) is 0 Å². The number of para-hydroxylation sites is 1. The fourth-order valence-electron chi connectivity index (χ4n) is 2.69. The van der Waals surface area contributed by atoms with Crippen LogP contribution in [-0.2, 0) is 11.2 Å². The van der Waals surface area contributed by atoms with Crippen LogP contribution in [0.25, 0.3) is 11.1 Å². The summed E-state index contributed by atoms with van der Waals surface area (Å²) in [6.45, 7) is 2.50. The Balaban J connectivity index is 2.06. The van der Waals surface area contributed by atoms with E-state index in [1.165, 1.54) is 0 Å². The summed E-state index contributed by atoms with van der Waals surface area (Å²) in [6, 6.07) is 12.6. The van der Waals surface area contributed by atoms with Crippen molar-refractivity contribution in [3.63, 3.8) is 0 Å². The molecule has 5 heteroatoms. The van der Waals surface area contributed by atoms with Gasteiger partial charge in [0.2, 0.25) is 0 Å². The Morgan fingerprint density at radius 1 is 1.32 bits per heavy atom. The number of anilines is 1. The number of benzene rings is 2. The molecule has 2 aromatic carbocycles. The highest BCUT2D eigenvalue weighted by atomic mass is 16.5. The van der Waals surface area contributed by atoms with Crippen molar-refractivity contribution < 1.29 is 14.7 Å². The maximum absolute atomic E-state index is 11.8. The lowest BCUT2D eigenvalue weighted by Gasteiger charge is -2.28. The van der Waals surface area contributed by atoms with Gasteiger partial charge in [-0.2, -0.15) is 5.06 Å². The molecule has 114 valence electrons. The van der Waals surface area contributed by atoms with Crippen molar-refractivity contribution in [2.45, 2.75) is 19.4 Å². The average molecular weight is 298 g/mol. The molecule has 0 saturated heterocycles. The van der Waals surface area contributed by atoms with Gasteiger partial charge in [-0.05, 0) is 36.6 Å². The van der Waals surface area contributed by atoms with Crippen LogP contribution in [0.2, 0.25) is 0 Å². The molecule has 1 aliphatic rings. The highest BCUT2D eigenvalue weighted by molar-refractivity contribution is 5.98. The summed E-state index contributed by atoms with van der Waals surface area (Å²) in [5, 5.41) is 10.7. The van der Waals surface area contributed by atoms with E-state index in [-0.39, 0.29) is 0 Å². The second-order valence-corrected chi connectivity index (χ2v) is 5.23. The van der Waals surface area contributed by atoms with Crippen LogP contribution in [0.3, 0.4) is 0 Å². The van der Waals surface area contributed by atoms with Gasteiger partial charge in [0, 0.05) is 5.56 Å². The van der Waals surface area contributed by atoms with E-state index in [4.69, 9.17) is 10.5 Å². The number of nitrogens with two attached hydrogens (primary N) is 1.